The fourth-order valence-electron chi connectivity index (χ4n) is 5.26. The highest BCUT2D eigenvalue weighted by Crippen LogP contribution is 2.38. The molecule has 1 aliphatic rings. The molecular formula is C37H37N3O6S2. The molecule has 0 saturated carbocycles. The van der Waals surface area contributed by atoms with Crippen molar-refractivity contribution in [1.82, 2.24) is 5.32 Å². The molecule has 0 radical (unpaired) electrons. The van der Waals surface area contributed by atoms with Crippen LogP contribution < -0.4 is 20.7 Å². The fraction of sp³-hybridized carbons (Fsp3) is 0.243. The first-order valence-corrected chi connectivity index (χ1v) is 17.5. The number of thioether (sulfide) groups is 1. The molecule has 4 aromatic rings. The zero-order valence-corrected chi connectivity index (χ0v) is 28.4. The molecule has 1 aliphatic carbocycles. The van der Waals surface area contributed by atoms with Gasteiger partial charge in [-0.15, -0.1) is 23.1 Å². The molecule has 5 rings (SSSR count). The number of nitrogens with one attached hydrogen (secondary N) is 3. The monoisotopic (exact) mass is 683 g/mol. The van der Waals surface area contributed by atoms with Crippen molar-refractivity contribution < 1.29 is 28.7 Å². The molecule has 0 spiro atoms. The van der Waals surface area contributed by atoms with Crippen LogP contribution >= 0.6 is 23.1 Å². The van der Waals surface area contributed by atoms with E-state index in [4.69, 9.17) is 9.47 Å². The van der Waals surface area contributed by atoms with Crippen LogP contribution in [-0.2, 0) is 27.2 Å². The van der Waals surface area contributed by atoms with E-state index in [1.165, 1.54) is 30.2 Å². The van der Waals surface area contributed by atoms with E-state index in [9.17, 15) is 19.2 Å². The van der Waals surface area contributed by atoms with Crippen LogP contribution in [0.4, 0.5) is 10.7 Å². The van der Waals surface area contributed by atoms with Gasteiger partial charge in [0.15, 0.2) is 0 Å². The predicted octanol–water partition coefficient (Wildman–Crippen LogP) is 7.34. The van der Waals surface area contributed by atoms with Crippen molar-refractivity contribution >= 4 is 63.6 Å². The van der Waals surface area contributed by atoms with Crippen molar-refractivity contribution in [3.05, 3.63) is 112 Å². The summed E-state index contributed by atoms with van der Waals surface area (Å²) in [5.74, 6) is -0.823. The third-order valence-corrected chi connectivity index (χ3v) is 9.76. The van der Waals surface area contributed by atoms with E-state index in [0.29, 0.717) is 39.7 Å². The molecule has 1 heterocycles. The summed E-state index contributed by atoms with van der Waals surface area (Å²) >= 11 is 2.76. The number of amides is 3. The van der Waals surface area contributed by atoms with Crippen LogP contribution in [0.15, 0.2) is 89.5 Å². The molecule has 3 aromatic carbocycles. The SMILES string of the molecule is CCOc1ccc(/C=C(/NC(=O)c2ccccc2)C(=O)Nc2cccc(SCC(=O)Nc3sc4c(c3C(=O)OC)CCCCC4)c2)cc1. The molecule has 248 valence electrons. The maximum atomic E-state index is 13.5. The second-order valence-corrected chi connectivity index (χ2v) is 13.1. The minimum absolute atomic E-state index is 0.0567. The molecule has 0 saturated heterocycles. The number of carbonyl (C=O) groups is 4. The van der Waals surface area contributed by atoms with Crippen molar-refractivity contribution in [3.63, 3.8) is 0 Å². The third-order valence-electron chi connectivity index (χ3n) is 7.56. The maximum absolute atomic E-state index is 13.5. The molecule has 3 amide bonds. The molecule has 48 heavy (non-hydrogen) atoms. The van der Waals surface area contributed by atoms with Gasteiger partial charge in [-0.25, -0.2) is 4.79 Å². The van der Waals surface area contributed by atoms with E-state index in [-0.39, 0.29) is 17.4 Å². The first kappa shape index (κ1) is 34.5. The van der Waals surface area contributed by atoms with Gasteiger partial charge in [-0.05, 0) is 92.3 Å². The second kappa shape index (κ2) is 16.8. The highest BCUT2D eigenvalue weighted by Gasteiger charge is 2.26. The summed E-state index contributed by atoms with van der Waals surface area (Å²) in [6.07, 6.45) is 6.46. The number of thiophene rings is 1. The minimum Gasteiger partial charge on any atom is -0.494 e. The molecule has 9 nitrogen and oxygen atoms in total. The Morgan fingerprint density at radius 1 is 0.896 bits per heavy atom. The lowest BCUT2D eigenvalue weighted by Gasteiger charge is -2.12. The first-order valence-electron chi connectivity index (χ1n) is 15.7. The number of hydrogen-bond donors (Lipinski definition) is 3. The Balaban J connectivity index is 1.27. The van der Waals surface area contributed by atoms with Gasteiger partial charge in [-0.2, -0.15) is 0 Å². The number of hydrogen-bond acceptors (Lipinski definition) is 8. The number of aryl methyl sites for hydroxylation is 1. The van der Waals surface area contributed by atoms with Crippen LogP contribution in [-0.4, -0.2) is 43.2 Å². The zero-order valence-electron chi connectivity index (χ0n) is 26.8. The molecule has 3 N–H and O–H groups in total. The number of benzene rings is 3. The van der Waals surface area contributed by atoms with E-state index < -0.39 is 17.8 Å². The van der Waals surface area contributed by atoms with Crippen molar-refractivity contribution in [2.75, 3.05) is 30.1 Å². The number of rotatable bonds is 12. The molecule has 11 heteroatoms. The van der Waals surface area contributed by atoms with Gasteiger partial charge in [0, 0.05) is 21.0 Å². The van der Waals surface area contributed by atoms with Gasteiger partial charge in [-0.1, -0.05) is 42.8 Å². The summed E-state index contributed by atoms with van der Waals surface area (Å²) in [6, 6.07) is 23.0. The van der Waals surface area contributed by atoms with Crippen molar-refractivity contribution in [1.29, 1.82) is 0 Å². The van der Waals surface area contributed by atoms with Gasteiger partial charge in [0.1, 0.15) is 16.4 Å². The van der Waals surface area contributed by atoms with Crippen molar-refractivity contribution in [2.45, 2.75) is 43.9 Å². The number of methoxy groups -OCH3 is 1. The van der Waals surface area contributed by atoms with E-state index in [1.54, 1.807) is 72.8 Å². The standard InChI is InChI=1S/C37H37N3O6S2/c1-3-46-27-19-17-24(18-20-27)21-30(39-34(42)25-11-6-4-7-12-25)35(43)38-26-13-10-14-28(22-26)47-23-32(41)40-36-33(37(44)45-2)29-15-8-5-9-16-31(29)48-36/h4,6-7,10-14,17-22H,3,5,8-9,15-16,23H2,1-2H3,(H,38,43)(H,39,42)(H,40,41)/b30-21+. The molecule has 0 bridgehead atoms. The lowest BCUT2D eigenvalue weighted by atomic mass is 10.1. The number of esters is 1. The topological polar surface area (TPSA) is 123 Å². The number of anilines is 2. The average Bonchev–Trinajstić information content (AvgIpc) is 3.27. The highest BCUT2D eigenvalue weighted by molar-refractivity contribution is 8.00. The van der Waals surface area contributed by atoms with E-state index in [2.05, 4.69) is 16.0 Å². The minimum atomic E-state index is -0.513. The number of carbonyl (C=O) groups excluding carboxylic acids is 4. The molecular weight excluding hydrogens is 647 g/mol. The van der Waals surface area contributed by atoms with Crippen molar-refractivity contribution in [2.24, 2.45) is 0 Å². The summed E-state index contributed by atoms with van der Waals surface area (Å²) in [6.45, 7) is 2.43. The molecule has 0 aliphatic heterocycles. The summed E-state index contributed by atoms with van der Waals surface area (Å²) in [4.78, 5) is 54.1. The van der Waals surface area contributed by atoms with E-state index in [1.807, 2.05) is 19.1 Å². The highest BCUT2D eigenvalue weighted by atomic mass is 32.2. The van der Waals surface area contributed by atoms with Crippen LogP contribution in [0.3, 0.4) is 0 Å². The molecule has 0 unspecified atom stereocenters. The van der Waals surface area contributed by atoms with Gasteiger partial charge >= 0.3 is 5.97 Å². The van der Waals surface area contributed by atoms with E-state index in [0.717, 1.165) is 47.4 Å². The quantitative estimate of drug-likeness (QED) is 0.0618. The Bertz CT molecular complexity index is 1800. The summed E-state index contributed by atoms with van der Waals surface area (Å²) in [7, 11) is 1.35. The largest absolute Gasteiger partial charge is 0.494 e. The van der Waals surface area contributed by atoms with Crippen LogP contribution in [0.1, 0.15) is 62.9 Å². The average molecular weight is 684 g/mol. The molecule has 0 fully saturated rings. The Morgan fingerprint density at radius 2 is 1.67 bits per heavy atom. The van der Waals surface area contributed by atoms with Crippen LogP contribution in [0, 0.1) is 0 Å². The van der Waals surface area contributed by atoms with Crippen LogP contribution in [0.25, 0.3) is 6.08 Å². The third kappa shape index (κ3) is 9.14. The van der Waals surface area contributed by atoms with Gasteiger partial charge < -0.3 is 25.4 Å². The second-order valence-electron chi connectivity index (χ2n) is 11.0. The van der Waals surface area contributed by atoms with Crippen molar-refractivity contribution in [3.8, 4) is 5.75 Å². The predicted molar refractivity (Wildman–Crippen MR) is 191 cm³/mol. The maximum Gasteiger partial charge on any atom is 0.341 e. The summed E-state index contributed by atoms with van der Waals surface area (Å²) in [5, 5.41) is 9.08. The Kier molecular flexibility index (Phi) is 12.1. The summed E-state index contributed by atoms with van der Waals surface area (Å²) < 4.78 is 10.6. The lowest BCUT2D eigenvalue weighted by Crippen LogP contribution is -2.30. The first-order chi connectivity index (χ1) is 23.3. The Hall–Kier alpha value is -4.87. The normalized spacial score (nSPS) is 12.7. The number of fused-ring (bicyclic) bond motifs is 1. The van der Waals surface area contributed by atoms with Gasteiger partial charge in [0.2, 0.25) is 5.91 Å². The van der Waals surface area contributed by atoms with Crippen LogP contribution in [0.2, 0.25) is 0 Å². The van der Waals surface area contributed by atoms with Gasteiger partial charge in [0.05, 0.1) is 25.0 Å². The lowest BCUT2D eigenvalue weighted by molar-refractivity contribution is -0.114. The molecule has 1 aromatic heterocycles. The smallest absolute Gasteiger partial charge is 0.341 e. The van der Waals surface area contributed by atoms with Gasteiger partial charge in [-0.3, -0.25) is 14.4 Å². The fourth-order valence-corrected chi connectivity index (χ4v) is 7.31. The van der Waals surface area contributed by atoms with E-state index >= 15 is 0 Å². The summed E-state index contributed by atoms with van der Waals surface area (Å²) in [5.41, 5.74) is 3.12. The Morgan fingerprint density at radius 3 is 2.42 bits per heavy atom. The zero-order chi connectivity index (χ0) is 33.9. The van der Waals surface area contributed by atoms with Gasteiger partial charge in [0.25, 0.3) is 11.8 Å². The number of ether oxygens (including phenoxy) is 2. The molecule has 0 atom stereocenters. The van der Waals surface area contributed by atoms with Crippen LogP contribution in [0.5, 0.6) is 5.75 Å². The Labute approximate surface area is 288 Å².